The van der Waals surface area contributed by atoms with Crippen LogP contribution in [0.1, 0.15) is 55.1 Å². The summed E-state index contributed by atoms with van der Waals surface area (Å²) in [7, 11) is 2.15. The predicted octanol–water partition coefficient (Wildman–Crippen LogP) is 3.06. The Morgan fingerprint density at radius 3 is 2.65 bits per heavy atom. The third-order valence-electron chi connectivity index (χ3n) is 5.28. The first kappa shape index (κ1) is 20.8. The summed E-state index contributed by atoms with van der Waals surface area (Å²) in [6.45, 7) is 11.2. The maximum absolute atomic E-state index is 14.2. The van der Waals surface area contributed by atoms with Crippen molar-refractivity contribution >= 4 is 5.91 Å². The molecule has 1 aromatic rings. The Morgan fingerprint density at radius 1 is 1.35 bits per heavy atom. The van der Waals surface area contributed by atoms with Gasteiger partial charge in [-0.3, -0.25) is 14.9 Å². The lowest BCUT2D eigenvalue weighted by molar-refractivity contribution is 0.0272. The second-order valence-electron chi connectivity index (χ2n) is 7.65. The van der Waals surface area contributed by atoms with Gasteiger partial charge in [-0.2, -0.15) is 0 Å². The minimum Gasteiger partial charge on any atom is -0.305 e. The second-order valence-corrected chi connectivity index (χ2v) is 7.65. The minimum absolute atomic E-state index is 0.167. The van der Waals surface area contributed by atoms with E-state index in [0.29, 0.717) is 23.9 Å². The third kappa shape index (κ3) is 4.81. The minimum atomic E-state index is -0.671. The van der Waals surface area contributed by atoms with E-state index in [2.05, 4.69) is 23.8 Å². The Kier molecular flexibility index (Phi) is 7.15. The molecule has 0 unspecified atom stereocenters. The van der Waals surface area contributed by atoms with Crippen molar-refractivity contribution in [2.75, 3.05) is 33.2 Å². The fourth-order valence-electron chi connectivity index (χ4n) is 4.24. The number of hydroxylamine groups is 1. The van der Waals surface area contributed by atoms with E-state index in [1.807, 2.05) is 13.8 Å². The lowest BCUT2D eigenvalue weighted by Gasteiger charge is -2.46. The van der Waals surface area contributed by atoms with Crippen LogP contribution < -0.4 is 5.48 Å². The Hall–Kier alpha value is -1.50. The van der Waals surface area contributed by atoms with Crippen LogP contribution >= 0.6 is 0 Å². The molecule has 5 nitrogen and oxygen atoms in total. The molecule has 3 rings (SSSR count). The fourth-order valence-corrected chi connectivity index (χ4v) is 4.24. The van der Waals surface area contributed by atoms with E-state index in [1.165, 1.54) is 25.6 Å². The van der Waals surface area contributed by atoms with Crippen molar-refractivity contribution < 1.29 is 14.4 Å². The predicted molar refractivity (Wildman–Crippen MR) is 101 cm³/mol. The quantitative estimate of drug-likeness (QED) is 0.622. The number of nitrogens with zero attached hydrogens (tertiary/aromatic N) is 2. The molecule has 146 valence electrons. The highest BCUT2D eigenvalue weighted by molar-refractivity contribution is 5.93. The number of carbonyl (C=O) groups is 1. The first-order chi connectivity index (χ1) is 12.4. The monoisotopic (exact) mass is 365 g/mol. The zero-order valence-electron chi connectivity index (χ0n) is 16.4. The molecule has 0 aliphatic carbocycles. The summed E-state index contributed by atoms with van der Waals surface area (Å²) in [5.41, 5.74) is 3.74. The van der Waals surface area contributed by atoms with Gasteiger partial charge in [0.25, 0.3) is 5.91 Å². The lowest BCUT2D eigenvalue weighted by atomic mass is 9.78. The van der Waals surface area contributed by atoms with E-state index in [-0.39, 0.29) is 11.4 Å². The molecule has 0 atom stereocenters. The molecule has 26 heavy (non-hydrogen) atoms. The van der Waals surface area contributed by atoms with E-state index >= 15 is 0 Å². The maximum Gasteiger partial charge on any atom is 0.274 e. The second kappa shape index (κ2) is 8.93. The highest BCUT2D eigenvalue weighted by atomic mass is 19.1. The molecule has 2 N–H and O–H groups in total. The van der Waals surface area contributed by atoms with Gasteiger partial charge in [0.05, 0.1) is 0 Å². The highest BCUT2D eigenvalue weighted by Crippen LogP contribution is 2.33. The van der Waals surface area contributed by atoms with Gasteiger partial charge >= 0.3 is 0 Å². The Labute approximate surface area is 156 Å². The number of amides is 1. The largest absolute Gasteiger partial charge is 0.305 e. The first-order valence-electron chi connectivity index (χ1n) is 9.57. The summed E-state index contributed by atoms with van der Waals surface area (Å²) in [6.07, 6.45) is 3.02. The number of halogens is 1. The third-order valence-corrected chi connectivity index (χ3v) is 5.28. The normalized spacial score (nSPS) is 19.0. The van der Waals surface area contributed by atoms with Gasteiger partial charge in [-0.25, -0.2) is 9.87 Å². The molecule has 0 saturated carbocycles. The molecule has 0 bridgehead atoms. The van der Waals surface area contributed by atoms with Gasteiger partial charge in [0.1, 0.15) is 5.82 Å². The highest BCUT2D eigenvalue weighted by Gasteiger charge is 2.35. The number of carbonyl (C=O) groups excluding carboxylic acids is 1. The number of hydrogen-bond donors (Lipinski definition) is 2. The summed E-state index contributed by atoms with van der Waals surface area (Å²) in [6, 6.07) is 2.90. The number of benzene rings is 1. The Bertz CT molecular complexity index is 630. The number of likely N-dealkylation sites (tertiary alicyclic amines) is 1. The molecule has 0 spiro atoms. The summed E-state index contributed by atoms with van der Waals surface area (Å²) < 4.78 is 14.2. The average Bonchev–Trinajstić information content (AvgIpc) is 2.61. The maximum atomic E-state index is 14.2. The Balaban J connectivity index is 0.00000117. The van der Waals surface area contributed by atoms with Crippen molar-refractivity contribution in [1.82, 2.24) is 15.3 Å². The van der Waals surface area contributed by atoms with Gasteiger partial charge in [0.2, 0.25) is 0 Å². The summed E-state index contributed by atoms with van der Waals surface area (Å²) in [5.74, 6) is -1.02. The lowest BCUT2D eigenvalue weighted by Crippen LogP contribution is -2.52. The molecular formula is C20H32FN3O2. The van der Waals surface area contributed by atoms with Crippen LogP contribution in [-0.4, -0.2) is 54.1 Å². The van der Waals surface area contributed by atoms with Gasteiger partial charge in [0.15, 0.2) is 0 Å². The van der Waals surface area contributed by atoms with Crippen LogP contribution in [0.3, 0.4) is 0 Å². The van der Waals surface area contributed by atoms with E-state index < -0.39 is 5.91 Å². The SMILES string of the molecule is CC.CN1CC(C)(CCCN2CCc3c(F)cc(C(=O)NO)cc3C2)C1. The summed E-state index contributed by atoms with van der Waals surface area (Å²) in [5, 5.41) is 8.74. The smallest absolute Gasteiger partial charge is 0.274 e. The molecule has 0 aromatic heterocycles. The fraction of sp³-hybridized carbons (Fsp3) is 0.650. The van der Waals surface area contributed by atoms with Gasteiger partial charge in [-0.05, 0) is 61.5 Å². The van der Waals surface area contributed by atoms with Crippen LogP contribution in [0.5, 0.6) is 0 Å². The van der Waals surface area contributed by atoms with E-state index in [0.717, 1.165) is 25.1 Å². The first-order valence-corrected chi connectivity index (χ1v) is 9.57. The molecule has 6 heteroatoms. The molecule has 1 aromatic carbocycles. The Morgan fingerprint density at radius 2 is 2.04 bits per heavy atom. The zero-order chi connectivity index (χ0) is 19.3. The molecule has 1 fully saturated rings. The van der Waals surface area contributed by atoms with Crippen LogP contribution in [0.2, 0.25) is 0 Å². The van der Waals surface area contributed by atoms with Crippen LogP contribution in [-0.2, 0) is 13.0 Å². The van der Waals surface area contributed by atoms with Gasteiger partial charge in [-0.15, -0.1) is 0 Å². The van der Waals surface area contributed by atoms with Gasteiger partial charge in [-0.1, -0.05) is 20.8 Å². The number of nitrogens with one attached hydrogen (secondary N) is 1. The van der Waals surface area contributed by atoms with E-state index in [9.17, 15) is 9.18 Å². The van der Waals surface area contributed by atoms with Crippen LogP contribution in [0.25, 0.3) is 0 Å². The van der Waals surface area contributed by atoms with Gasteiger partial charge < -0.3 is 4.90 Å². The van der Waals surface area contributed by atoms with Crippen molar-refractivity contribution in [1.29, 1.82) is 0 Å². The molecule has 2 heterocycles. The number of rotatable bonds is 5. The van der Waals surface area contributed by atoms with Crippen molar-refractivity contribution in [3.05, 3.63) is 34.6 Å². The molecule has 2 aliphatic rings. The zero-order valence-corrected chi connectivity index (χ0v) is 16.4. The van der Waals surface area contributed by atoms with Crippen molar-refractivity contribution in [3.63, 3.8) is 0 Å². The number of hydrogen-bond acceptors (Lipinski definition) is 4. The van der Waals surface area contributed by atoms with Crippen LogP contribution in [0, 0.1) is 11.2 Å². The standard InChI is InChI=1S/C18H26FN3O2.C2H6/c1-18(11-21(2)12-18)5-3-6-22-7-4-15-14(10-22)8-13(9-16(15)19)17(23)20-24;1-2/h8-9,24H,3-7,10-12H2,1-2H3,(H,20,23);1-2H3. The van der Waals surface area contributed by atoms with Crippen molar-refractivity contribution in [2.45, 2.75) is 46.6 Å². The molecular weight excluding hydrogens is 333 g/mol. The summed E-state index contributed by atoms with van der Waals surface area (Å²) in [4.78, 5) is 16.2. The molecule has 0 radical (unpaired) electrons. The van der Waals surface area contributed by atoms with E-state index in [4.69, 9.17) is 5.21 Å². The van der Waals surface area contributed by atoms with Crippen molar-refractivity contribution in [2.24, 2.45) is 5.41 Å². The van der Waals surface area contributed by atoms with Crippen molar-refractivity contribution in [3.8, 4) is 0 Å². The van der Waals surface area contributed by atoms with E-state index in [1.54, 1.807) is 11.5 Å². The van der Waals surface area contributed by atoms with Crippen LogP contribution in [0.4, 0.5) is 4.39 Å². The molecule has 1 amide bonds. The topological polar surface area (TPSA) is 55.8 Å². The average molecular weight is 365 g/mol. The number of fused-ring (bicyclic) bond motifs is 1. The van der Waals surface area contributed by atoms with Gasteiger partial charge in [0, 0.05) is 31.7 Å². The molecule has 2 aliphatic heterocycles. The summed E-state index contributed by atoms with van der Waals surface area (Å²) >= 11 is 0. The molecule has 1 saturated heterocycles. The van der Waals surface area contributed by atoms with Crippen LogP contribution in [0.15, 0.2) is 12.1 Å².